The zero-order chi connectivity index (χ0) is 13.8. The summed E-state index contributed by atoms with van der Waals surface area (Å²) in [6.45, 7) is 2.39. The summed E-state index contributed by atoms with van der Waals surface area (Å²) in [7, 11) is 3.81. The van der Waals surface area contributed by atoms with Gasteiger partial charge in [-0.2, -0.15) is 0 Å². The number of methoxy groups -OCH3 is 1. The summed E-state index contributed by atoms with van der Waals surface area (Å²) in [6.07, 6.45) is 5.17. The Kier molecular flexibility index (Phi) is 5.28. The molecule has 3 heteroatoms. The maximum Gasteiger partial charge on any atom is 0.119 e. The Morgan fingerprint density at radius 2 is 2.21 bits per heavy atom. The van der Waals surface area contributed by atoms with E-state index in [0.717, 1.165) is 24.0 Å². The number of nitrogens with one attached hydrogen (secondary N) is 1. The van der Waals surface area contributed by atoms with Crippen LogP contribution in [0.15, 0.2) is 22.7 Å². The smallest absolute Gasteiger partial charge is 0.119 e. The molecule has 1 saturated carbocycles. The first-order valence-corrected chi connectivity index (χ1v) is 7.94. The van der Waals surface area contributed by atoms with E-state index < -0.39 is 0 Å². The number of hydrogen-bond donors (Lipinski definition) is 1. The molecule has 0 bridgehead atoms. The van der Waals surface area contributed by atoms with E-state index in [1.807, 2.05) is 6.07 Å². The predicted molar refractivity (Wildman–Crippen MR) is 83.8 cm³/mol. The van der Waals surface area contributed by atoms with Gasteiger partial charge in [-0.05, 0) is 55.5 Å². The first-order valence-electron chi connectivity index (χ1n) is 7.15. The van der Waals surface area contributed by atoms with Gasteiger partial charge in [-0.25, -0.2) is 0 Å². The van der Waals surface area contributed by atoms with Crippen molar-refractivity contribution in [2.45, 2.75) is 38.6 Å². The minimum atomic E-state index is 0.556. The first kappa shape index (κ1) is 14.9. The Bertz CT molecular complexity index is 421. The highest BCUT2D eigenvalue weighted by atomic mass is 79.9. The fourth-order valence-electron chi connectivity index (χ4n) is 3.31. The van der Waals surface area contributed by atoms with Crippen LogP contribution in [0.4, 0.5) is 0 Å². The van der Waals surface area contributed by atoms with Gasteiger partial charge in [0.2, 0.25) is 0 Å². The van der Waals surface area contributed by atoms with Gasteiger partial charge in [-0.1, -0.05) is 35.7 Å². The van der Waals surface area contributed by atoms with Gasteiger partial charge in [0.1, 0.15) is 5.75 Å². The second-order valence-corrected chi connectivity index (χ2v) is 6.48. The Balaban J connectivity index is 2.13. The Labute approximate surface area is 125 Å². The molecule has 0 aromatic heterocycles. The molecule has 0 amide bonds. The standard InChI is InChI=1S/C16H24BrNO/c1-11-5-4-6-14(11)16(18-2)10-12-9-13(19-3)7-8-15(12)17/h7-9,11,14,16,18H,4-6,10H2,1-3H3. The Hall–Kier alpha value is -0.540. The molecule has 1 aliphatic rings. The second kappa shape index (κ2) is 6.76. The molecule has 2 rings (SSSR count). The third kappa shape index (κ3) is 3.51. The van der Waals surface area contributed by atoms with Gasteiger partial charge in [0.25, 0.3) is 0 Å². The van der Waals surface area contributed by atoms with E-state index in [1.165, 1.54) is 29.3 Å². The van der Waals surface area contributed by atoms with E-state index in [4.69, 9.17) is 4.74 Å². The van der Waals surface area contributed by atoms with Crippen LogP contribution in [0.1, 0.15) is 31.7 Å². The molecule has 3 atom stereocenters. The molecule has 1 aromatic rings. The monoisotopic (exact) mass is 325 g/mol. The molecule has 2 nitrogen and oxygen atoms in total. The normalized spacial score (nSPS) is 24.4. The van der Waals surface area contributed by atoms with Gasteiger partial charge in [0.15, 0.2) is 0 Å². The molecule has 106 valence electrons. The molecule has 0 aliphatic heterocycles. The largest absolute Gasteiger partial charge is 0.497 e. The van der Waals surface area contributed by atoms with Crippen molar-refractivity contribution in [1.29, 1.82) is 0 Å². The molecular formula is C16H24BrNO. The van der Waals surface area contributed by atoms with Crippen LogP contribution in [0.3, 0.4) is 0 Å². The molecule has 1 aliphatic carbocycles. The SMILES string of the molecule is CNC(Cc1cc(OC)ccc1Br)C1CCCC1C. The number of rotatable bonds is 5. The fraction of sp³-hybridized carbons (Fsp3) is 0.625. The third-order valence-electron chi connectivity index (χ3n) is 4.51. The minimum absolute atomic E-state index is 0.556. The van der Waals surface area contributed by atoms with Crippen molar-refractivity contribution < 1.29 is 4.74 Å². The number of halogens is 1. The van der Waals surface area contributed by atoms with Crippen LogP contribution in [0.5, 0.6) is 5.75 Å². The Morgan fingerprint density at radius 3 is 2.79 bits per heavy atom. The van der Waals surface area contributed by atoms with E-state index >= 15 is 0 Å². The maximum atomic E-state index is 5.33. The van der Waals surface area contributed by atoms with Crippen LogP contribution in [0, 0.1) is 11.8 Å². The number of hydrogen-bond acceptors (Lipinski definition) is 2. The minimum Gasteiger partial charge on any atom is -0.497 e. The van der Waals surface area contributed by atoms with Gasteiger partial charge in [0.05, 0.1) is 7.11 Å². The fourth-order valence-corrected chi connectivity index (χ4v) is 3.72. The maximum absolute atomic E-state index is 5.33. The number of benzene rings is 1. The third-order valence-corrected chi connectivity index (χ3v) is 5.28. The molecule has 0 radical (unpaired) electrons. The average molecular weight is 326 g/mol. The van der Waals surface area contributed by atoms with Crippen LogP contribution in [-0.2, 0) is 6.42 Å². The van der Waals surface area contributed by atoms with Gasteiger partial charge in [-0.3, -0.25) is 0 Å². The summed E-state index contributed by atoms with van der Waals surface area (Å²) in [5.41, 5.74) is 1.33. The van der Waals surface area contributed by atoms with Crippen molar-refractivity contribution >= 4 is 15.9 Å². The van der Waals surface area contributed by atoms with Crippen molar-refractivity contribution in [1.82, 2.24) is 5.32 Å². The quantitative estimate of drug-likeness (QED) is 0.882. The first-order chi connectivity index (χ1) is 9.15. The van der Waals surface area contributed by atoms with Crippen LogP contribution >= 0.6 is 15.9 Å². The molecule has 1 aromatic carbocycles. The summed E-state index contributed by atoms with van der Waals surface area (Å²) < 4.78 is 6.51. The highest BCUT2D eigenvalue weighted by Gasteiger charge is 2.30. The van der Waals surface area contributed by atoms with Crippen LogP contribution in [-0.4, -0.2) is 20.2 Å². The van der Waals surface area contributed by atoms with Crippen LogP contribution in [0.25, 0.3) is 0 Å². The van der Waals surface area contributed by atoms with E-state index in [9.17, 15) is 0 Å². The summed E-state index contributed by atoms with van der Waals surface area (Å²) in [6, 6.07) is 6.79. The summed E-state index contributed by atoms with van der Waals surface area (Å²) in [5.74, 6) is 2.57. The molecule has 0 saturated heterocycles. The summed E-state index contributed by atoms with van der Waals surface area (Å²) in [4.78, 5) is 0. The molecule has 1 N–H and O–H groups in total. The van der Waals surface area contributed by atoms with Crippen molar-refractivity contribution in [3.63, 3.8) is 0 Å². The van der Waals surface area contributed by atoms with E-state index in [2.05, 4.69) is 47.4 Å². The molecular weight excluding hydrogens is 302 g/mol. The second-order valence-electron chi connectivity index (χ2n) is 5.63. The topological polar surface area (TPSA) is 21.3 Å². The van der Waals surface area contributed by atoms with E-state index in [-0.39, 0.29) is 0 Å². The van der Waals surface area contributed by atoms with Crippen LogP contribution in [0.2, 0.25) is 0 Å². The predicted octanol–water partition coefficient (Wildman–Crippen LogP) is 4.02. The van der Waals surface area contributed by atoms with Crippen molar-refractivity contribution in [3.8, 4) is 5.75 Å². The zero-order valence-corrected chi connectivity index (χ0v) is 13.7. The number of ether oxygens (including phenoxy) is 1. The summed E-state index contributed by atoms with van der Waals surface area (Å²) in [5, 5.41) is 3.53. The lowest BCUT2D eigenvalue weighted by Gasteiger charge is -2.27. The lowest BCUT2D eigenvalue weighted by Crippen LogP contribution is -2.36. The highest BCUT2D eigenvalue weighted by Crippen LogP contribution is 2.35. The zero-order valence-electron chi connectivity index (χ0n) is 12.1. The number of likely N-dealkylation sites (N-methyl/N-ethyl adjacent to an activating group) is 1. The lowest BCUT2D eigenvalue weighted by molar-refractivity contribution is 0.307. The van der Waals surface area contributed by atoms with E-state index in [1.54, 1.807) is 7.11 Å². The molecule has 0 spiro atoms. The summed E-state index contributed by atoms with van der Waals surface area (Å²) >= 11 is 3.66. The van der Waals surface area contributed by atoms with E-state index in [0.29, 0.717) is 6.04 Å². The van der Waals surface area contributed by atoms with Crippen LogP contribution < -0.4 is 10.1 Å². The lowest BCUT2D eigenvalue weighted by atomic mass is 9.86. The van der Waals surface area contributed by atoms with Gasteiger partial charge >= 0.3 is 0 Å². The average Bonchev–Trinajstić information content (AvgIpc) is 2.84. The Morgan fingerprint density at radius 1 is 1.42 bits per heavy atom. The highest BCUT2D eigenvalue weighted by molar-refractivity contribution is 9.10. The van der Waals surface area contributed by atoms with Gasteiger partial charge in [-0.15, -0.1) is 0 Å². The molecule has 19 heavy (non-hydrogen) atoms. The molecule has 3 unspecified atom stereocenters. The van der Waals surface area contributed by atoms with Crippen molar-refractivity contribution in [2.24, 2.45) is 11.8 Å². The molecule has 0 heterocycles. The van der Waals surface area contributed by atoms with Gasteiger partial charge in [0, 0.05) is 10.5 Å². The molecule has 1 fully saturated rings. The van der Waals surface area contributed by atoms with Crippen molar-refractivity contribution in [2.75, 3.05) is 14.2 Å². The van der Waals surface area contributed by atoms with Gasteiger partial charge < -0.3 is 10.1 Å². The van der Waals surface area contributed by atoms with Crippen molar-refractivity contribution in [3.05, 3.63) is 28.2 Å².